The molecule has 0 spiro atoms. The molecule has 5 atom stereocenters. The molecule has 362 valence electrons. The minimum absolute atomic E-state index is 0.0203. The van der Waals surface area contributed by atoms with Gasteiger partial charge in [-0.3, -0.25) is 23.2 Å². The van der Waals surface area contributed by atoms with Crippen molar-refractivity contribution >= 4 is 27.6 Å². The average molecular weight is 939 g/mol. The van der Waals surface area contributed by atoms with Crippen molar-refractivity contribution in [3.8, 4) is 0 Å². The third kappa shape index (κ3) is 39.1. The van der Waals surface area contributed by atoms with E-state index in [4.69, 9.17) is 28.5 Å². The summed E-state index contributed by atoms with van der Waals surface area (Å²) in [5.41, 5.74) is 0. The fraction of sp³-hybridized carbons (Fsp3) is 0.583. The van der Waals surface area contributed by atoms with Crippen molar-refractivity contribution < 1.29 is 66.3 Å². The van der Waals surface area contributed by atoms with E-state index in [1.807, 2.05) is 18.2 Å². The predicted octanol–water partition coefficient (Wildman–Crippen LogP) is 10.9. The second kappa shape index (κ2) is 39.0. The van der Waals surface area contributed by atoms with Gasteiger partial charge in [0.2, 0.25) is 0 Å². The van der Waals surface area contributed by atoms with Gasteiger partial charge in [-0.2, -0.15) is 0 Å². The molecule has 1 rings (SSSR count). The van der Waals surface area contributed by atoms with Gasteiger partial charge in [-0.1, -0.05) is 136 Å². The summed E-state index contributed by atoms with van der Waals surface area (Å²) < 4.78 is 53.5. The van der Waals surface area contributed by atoms with Gasteiger partial charge in [0.25, 0.3) is 0 Å². The Labute approximate surface area is 382 Å². The molecule has 0 aliphatic carbocycles. The molecule has 16 heteroatoms. The van der Waals surface area contributed by atoms with E-state index in [1.165, 1.54) is 19.3 Å². The van der Waals surface area contributed by atoms with Crippen molar-refractivity contribution in [2.45, 2.75) is 154 Å². The van der Waals surface area contributed by atoms with Gasteiger partial charge >= 0.3 is 27.6 Å². The highest BCUT2D eigenvalue weighted by Crippen LogP contribution is 2.44. The monoisotopic (exact) mass is 938 g/mol. The van der Waals surface area contributed by atoms with Crippen molar-refractivity contribution in [2.75, 3.05) is 26.4 Å². The molecule has 4 N–H and O–H groups in total. The maximum absolute atomic E-state index is 12.8. The Morgan fingerprint density at radius 3 is 1.61 bits per heavy atom. The normalized spacial score (nSPS) is 18.1. The lowest BCUT2D eigenvalue weighted by Gasteiger charge is -2.20. The van der Waals surface area contributed by atoms with E-state index < -0.39 is 66.2 Å². The van der Waals surface area contributed by atoms with Crippen LogP contribution in [-0.4, -0.2) is 82.6 Å². The molecule has 0 bridgehead atoms. The highest BCUT2D eigenvalue weighted by atomic mass is 31.2. The molecule has 0 radical (unpaired) electrons. The van der Waals surface area contributed by atoms with Crippen molar-refractivity contribution in [2.24, 2.45) is 0 Å². The van der Waals surface area contributed by atoms with Crippen LogP contribution >= 0.6 is 15.6 Å². The summed E-state index contributed by atoms with van der Waals surface area (Å²) in [4.78, 5) is 52.9. The van der Waals surface area contributed by atoms with Gasteiger partial charge in [0.05, 0.1) is 32.0 Å². The number of ether oxygens (including phenoxy) is 3. The Morgan fingerprint density at radius 2 is 1.06 bits per heavy atom. The third-order valence-electron chi connectivity index (χ3n) is 9.07. The van der Waals surface area contributed by atoms with E-state index in [0.29, 0.717) is 25.7 Å². The number of hydrogen-bond donors (Lipinski definition) is 4. The molecular weight excluding hydrogens is 862 g/mol. The van der Waals surface area contributed by atoms with Gasteiger partial charge in [-0.05, 0) is 89.9 Å². The quantitative estimate of drug-likeness (QED) is 0.0148. The number of phosphoric acid groups is 2. The van der Waals surface area contributed by atoms with Crippen LogP contribution in [0.5, 0.6) is 0 Å². The van der Waals surface area contributed by atoms with Gasteiger partial charge in [-0.15, -0.1) is 0 Å². The lowest BCUT2D eigenvalue weighted by Crippen LogP contribution is -2.30. The molecule has 0 saturated carbocycles. The summed E-state index contributed by atoms with van der Waals surface area (Å²) in [6, 6.07) is 0. The van der Waals surface area contributed by atoms with E-state index >= 15 is 0 Å². The molecule has 0 aromatic carbocycles. The van der Waals surface area contributed by atoms with Crippen LogP contribution in [0.2, 0.25) is 0 Å². The summed E-state index contributed by atoms with van der Waals surface area (Å²) >= 11 is 0. The van der Waals surface area contributed by atoms with Crippen LogP contribution in [-0.2, 0) is 46.5 Å². The molecular formula is C48H76O14P2. The third-order valence-corrected chi connectivity index (χ3v) is 10.5. The van der Waals surface area contributed by atoms with Gasteiger partial charge in [0.1, 0.15) is 12.7 Å². The van der Waals surface area contributed by atoms with E-state index in [2.05, 4.69) is 114 Å². The molecule has 1 aliphatic heterocycles. The topological polar surface area (TPSA) is 208 Å². The molecule has 0 aromatic rings. The largest absolute Gasteiger partial charge is 0.472 e. The number of allylic oxidation sites excluding steroid dienone is 17. The van der Waals surface area contributed by atoms with E-state index in [0.717, 1.165) is 57.8 Å². The number of carbonyl (C=O) groups excluding carboxylic acids is 2. The van der Waals surface area contributed by atoms with E-state index in [-0.39, 0.29) is 25.0 Å². The number of aliphatic hydroxyl groups excluding tert-OH is 1. The maximum atomic E-state index is 12.8. The van der Waals surface area contributed by atoms with Crippen LogP contribution in [0.3, 0.4) is 0 Å². The van der Waals surface area contributed by atoms with Crippen molar-refractivity contribution in [1.82, 2.24) is 0 Å². The summed E-state index contributed by atoms with van der Waals surface area (Å²) in [6.45, 7) is 1.43. The fourth-order valence-corrected chi connectivity index (χ4v) is 6.73. The molecule has 1 fully saturated rings. The van der Waals surface area contributed by atoms with Gasteiger partial charge in [0.15, 0.2) is 6.10 Å². The van der Waals surface area contributed by atoms with Crippen LogP contribution in [0.25, 0.3) is 0 Å². The number of phosphoric ester groups is 2. The standard InChI is InChI=1S/C48H76O14P2/c1-3-5-7-9-11-13-15-17-18-19-20-21-22-23-25-27-29-31-33-37-47(50)57-41-44(42-60-64(55,56)59-40-43(49)39-58-63(52,53)54)61-48(51)38-34-36-46-45(62-46)35-32-30-28-26-24-16-14-12-10-8-6-4-2/h5,7,11-14,17-18,20-21,23-26,29-32,43-46,49H,3-4,6,8-10,15-16,19,22,27-28,33-42H2,1-2H3,(H,55,56)(H2,52,53,54)/b7-5-,13-11-,14-12-,18-17-,21-20-,25-23-,26-24-,31-29-,32-30-/t43-,44+,45?,46?/m0/s1. The van der Waals surface area contributed by atoms with Gasteiger partial charge < -0.3 is 34.0 Å². The Bertz CT molecular complexity index is 1610. The number of rotatable bonds is 40. The van der Waals surface area contributed by atoms with Crippen LogP contribution in [0.4, 0.5) is 0 Å². The van der Waals surface area contributed by atoms with Crippen LogP contribution in [0.15, 0.2) is 109 Å². The minimum Gasteiger partial charge on any atom is -0.462 e. The maximum Gasteiger partial charge on any atom is 0.472 e. The summed E-state index contributed by atoms with van der Waals surface area (Å²) in [7, 11) is -9.74. The SMILES string of the molecule is CC/C=C\C/C=C\C/C=C\C/C=C\C/C=C\C/C=C\CCC(=O)OC[C@H](COP(=O)(O)OC[C@@H](O)COP(=O)(O)O)OC(=O)CCCC1OC1C/C=C\C/C=C\C/C=C\CCCCC. The minimum atomic E-state index is -4.89. The van der Waals surface area contributed by atoms with Gasteiger partial charge in [0, 0.05) is 12.8 Å². The van der Waals surface area contributed by atoms with Gasteiger partial charge in [-0.25, -0.2) is 9.13 Å². The lowest BCUT2D eigenvalue weighted by atomic mass is 10.1. The number of epoxide rings is 1. The van der Waals surface area contributed by atoms with E-state index in [9.17, 15) is 28.7 Å². The first-order chi connectivity index (χ1) is 30.8. The molecule has 0 aromatic heterocycles. The Morgan fingerprint density at radius 1 is 0.562 bits per heavy atom. The zero-order valence-electron chi connectivity index (χ0n) is 38.0. The zero-order valence-corrected chi connectivity index (χ0v) is 39.8. The van der Waals surface area contributed by atoms with Crippen LogP contribution in [0, 0.1) is 0 Å². The first-order valence-electron chi connectivity index (χ1n) is 22.7. The highest BCUT2D eigenvalue weighted by Gasteiger charge is 2.37. The fourth-order valence-electron chi connectivity index (χ4n) is 5.58. The van der Waals surface area contributed by atoms with Crippen molar-refractivity contribution in [3.05, 3.63) is 109 Å². The second-order valence-electron chi connectivity index (χ2n) is 15.0. The molecule has 1 heterocycles. The number of carbonyl (C=O) groups is 2. The summed E-state index contributed by atoms with van der Waals surface area (Å²) in [5.74, 6) is -1.22. The number of esters is 2. The zero-order chi connectivity index (χ0) is 47.0. The first-order valence-corrected chi connectivity index (χ1v) is 25.7. The van der Waals surface area contributed by atoms with Crippen LogP contribution in [0.1, 0.15) is 129 Å². The summed E-state index contributed by atoms with van der Waals surface area (Å²) in [6.07, 6.45) is 49.7. The predicted molar refractivity (Wildman–Crippen MR) is 252 cm³/mol. The molecule has 1 aliphatic rings. The Balaban J connectivity index is 2.47. The van der Waals surface area contributed by atoms with Crippen molar-refractivity contribution in [3.63, 3.8) is 0 Å². The molecule has 1 saturated heterocycles. The smallest absolute Gasteiger partial charge is 0.462 e. The molecule has 3 unspecified atom stereocenters. The highest BCUT2D eigenvalue weighted by molar-refractivity contribution is 7.47. The number of hydrogen-bond acceptors (Lipinski definition) is 11. The number of aliphatic hydroxyl groups is 1. The van der Waals surface area contributed by atoms with Crippen molar-refractivity contribution in [1.29, 1.82) is 0 Å². The molecule has 14 nitrogen and oxygen atoms in total. The average Bonchev–Trinajstić information content (AvgIpc) is 4.01. The van der Waals surface area contributed by atoms with E-state index in [1.54, 1.807) is 0 Å². The Hall–Kier alpha value is -3.26. The Kier molecular flexibility index (Phi) is 35.8. The van der Waals surface area contributed by atoms with Crippen LogP contribution < -0.4 is 0 Å². The molecule has 0 amide bonds. The second-order valence-corrected chi connectivity index (χ2v) is 17.7. The lowest BCUT2D eigenvalue weighted by molar-refractivity contribution is -0.161. The number of unbranched alkanes of at least 4 members (excludes halogenated alkanes) is 3. The first kappa shape index (κ1) is 58.8. The molecule has 64 heavy (non-hydrogen) atoms. The summed E-state index contributed by atoms with van der Waals surface area (Å²) in [5, 5.41) is 9.77.